The molecule has 3 aromatic rings. The van der Waals surface area contributed by atoms with Crippen LogP contribution in [0.4, 0.5) is 11.4 Å². The molecule has 0 aliphatic carbocycles. The molecule has 154 valence electrons. The van der Waals surface area contributed by atoms with Crippen molar-refractivity contribution in [3.63, 3.8) is 0 Å². The van der Waals surface area contributed by atoms with Gasteiger partial charge in [-0.3, -0.25) is 9.59 Å². The fraction of sp³-hybridized carbons (Fsp3) is 0.348. The van der Waals surface area contributed by atoms with E-state index >= 15 is 0 Å². The van der Waals surface area contributed by atoms with Crippen LogP contribution in [0.1, 0.15) is 35.1 Å². The highest BCUT2D eigenvalue weighted by atomic mass is 16.2. The lowest BCUT2D eigenvalue weighted by atomic mass is 10.0. The second-order valence-corrected chi connectivity index (χ2v) is 7.89. The summed E-state index contributed by atoms with van der Waals surface area (Å²) < 4.78 is 2.01. The zero-order valence-electron chi connectivity index (χ0n) is 17.1. The predicted molar refractivity (Wildman–Crippen MR) is 116 cm³/mol. The lowest BCUT2D eigenvalue weighted by molar-refractivity contribution is -0.116. The summed E-state index contributed by atoms with van der Waals surface area (Å²) in [5.41, 5.74) is 5.72. The van der Waals surface area contributed by atoms with Crippen LogP contribution in [0.3, 0.4) is 0 Å². The molecule has 0 unspecified atom stereocenters. The number of carbonyl (C=O) groups is 2. The second kappa shape index (κ2) is 7.48. The number of imidazole rings is 1. The van der Waals surface area contributed by atoms with Crippen molar-refractivity contribution in [1.29, 1.82) is 0 Å². The molecule has 7 heteroatoms. The first-order valence-corrected chi connectivity index (χ1v) is 10.6. The van der Waals surface area contributed by atoms with Gasteiger partial charge in [-0.15, -0.1) is 0 Å². The Balaban J connectivity index is 1.28. The standard InChI is InChI=1S/C23H25N5O2/c1-2-17-4-3-5-21-24-20(15-28(17)21)23(30)27-12-10-26(11-13-27)18-7-8-19-16(14-18)6-9-22(29)25-19/h3-5,7-8,14-15H,2,6,9-13H2,1H3,(H,25,29). The Hall–Kier alpha value is -3.35. The molecule has 1 saturated heterocycles. The monoisotopic (exact) mass is 403 g/mol. The molecule has 2 aliphatic heterocycles. The molecule has 0 saturated carbocycles. The molecule has 1 aromatic carbocycles. The number of nitrogens with zero attached hydrogens (tertiary/aromatic N) is 4. The summed E-state index contributed by atoms with van der Waals surface area (Å²) in [6.07, 6.45) is 4.07. The van der Waals surface area contributed by atoms with Crippen LogP contribution in [0.2, 0.25) is 0 Å². The Morgan fingerprint density at radius 1 is 1.10 bits per heavy atom. The van der Waals surface area contributed by atoms with E-state index in [0.29, 0.717) is 25.2 Å². The van der Waals surface area contributed by atoms with Crippen LogP contribution in [0.5, 0.6) is 0 Å². The highest BCUT2D eigenvalue weighted by Crippen LogP contribution is 2.28. The minimum Gasteiger partial charge on any atom is -0.368 e. The van der Waals surface area contributed by atoms with Crippen molar-refractivity contribution in [1.82, 2.24) is 14.3 Å². The van der Waals surface area contributed by atoms with E-state index in [-0.39, 0.29) is 11.8 Å². The quantitative estimate of drug-likeness (QED) is 0.730. The third-order valence-electron chi connectivity index (χ3n) is 6.07. The number of carbonyl (C=O) groups excluding carboxylic acids is 2. The largest absolute Gasteiger partial charge is 0.368 e. The second-order valence-electron chi connectivity index (χ2n) is 7.89. The first-order chi connectivity index (χ1) is 14.6. The van der Waals surface area contributed by atoms with Gasteiger partial charge >= 0.3 is 0 Å². The predicted octanol–water partition coefficient (Wildman–Crippen LogP) is 2.74. The van der Waals surface area contributed by atoms with Crippen molar-refractivity contribution < 1.29 is 9.59 Å². The normalized spacial score (nSPS) is 16.5. The summed E-state index contributed by atoms with van der Waals surface area (Å²) in [7, 11) is 0. The number of rotatable bonds is 3. The maximum absolute atomic E-state index is 13.0. The van der Waals surface area contributed by atoms with Crippen molar-refractivity contribution in [2.75, 3.05) is 36.4 Å². The van der Waals surface area contributed by atoms with Gasteiger partial charge in [0.15, 0.2) is 0 Å². The van der Waals surface area contributed by atoms with Crippen LogP contribution in [-0.2, 0) is 17.6 Å². The molecule has 2 aliphatic rings. The fourth-order valence-corrected chi connectivity index (χ4v) is 4.36. The topological polar surface area (TPSA) is 70.0 Å². The summed E-state index contributed by atoms with van der Waals surface area (Å²) >= 11 is 0. The average molecular weight is 403 g/mol. The van der Waals surface area contributed by atoms with E-state index in [2.05, 4.69) is 40.3 Å². The molecular formula is C23H25N5O2. The number of hydrogen-bond acceptors (Lipinski definition) is 4. The van der Waals surface area contributed by atoms with E-state index in [1.807, 2.05) is 33.7 Å². The molecule has 0 spiro atoms. The van der Waals surface area contributed by atoms with Crippen LogP contribution in [-0.4, -0.2) is 52.3 Å². The Morgan fingerprint density at radius 3 is 2.73 bits per heavy atom. The van der Waals surface area contributed by atoms with Gasteiger partial charge in [0.1, 0.15) is 11.3 Å². The molecule has 30 heavy (non-hydrogen) atoms. The number of nitrogens with one attached hydrogen (secondary N) is 1. The highest BCUT2D eigenvalue weighted by Gasteiger charge is 2.25. The zero-order chi connectivity index (χ0) is 20.7. The van der Waals surface area contributed by atoms with Gasteiger partial charge in [-0.25, -0.2) is 4.98 Å². The smallest absolute Gasteiger partial charge is 0.274 e. The lowest BCUT2D eigenvalue weighted by Crippen LogP contribution is -2.49. The van der Waals surface area contributed by atoms with Gasteiger partial charge in [0.2, 0.25) is 5.91 Å². The van der Waals surface area contributed by atoms with E-state index in [4.69, 9.17) is 0 Å². The summed E-state index contributed by atoms with van der Waals surface area (Å²) in [5, 5.41) is 2.93. The zero-order valence-corrected chi connectivity index (χ0v) is 17.1. The molecule has 0 bridgehead atoms. The minimum atomic E-state index is -0.00597. The third kappa shape index (κ3) is 3.30. The Kier molecular flexibility index (Phi) is 4.65. The molecule has 2 aromatic heterocycles. The number of amides is 2. The summed E-state index contributed by atoms with van der Waals surface area (Å²) in [5.74, 6) is 0.0777. The van der Waals surface area contributed by atoms with Crippen molar-refractivity contribution in [3.8, 4) is 0 Å². The molecule has 2 amide bonds. The Morgan fingerprint density at radius 2 is 1.93 bits per heavy atom. The van der Waals surface area contributed by atoms with Gasteiger partial charge in [0.05, 0.1) is 0 Å². The molecule has 0 atom stereocenters. The highest BCUT2D eigenvalue weighted by molar-refractivity contribution is 5.94. The van der Waals surface area contributed by atoms with Crippen molar-refractivity contribution in [2.24, 2.45) is 0 Å². The summed E-state index contributed by atoms with van der Waals surface area (Å²) in [4.78, 5) is 33.3. The first kappa shape index (κ1) is 18.7. The van der Waals surface area contributed by atoms with Gasteiger partial charge < -0.3 is 19.5 Å². The molecule has 5 rings (SSSR count). The molecule has 1 N–H and O–H groups in total. The fourth-order valence-electron chi connectivity index (χ4n) is 4.36. The number of benzene rings is 1. The van der Waals surface area contributed by atoms with Crippen molar-refractivity contribution >= 4 is 28.8 Å². The van der Waals surface area contributed by atoms with Crippen molar-refractivity contribution in [2.45, 2.75) is 26.2 Å². The lowest BCUT2D eigenvalue weighted by Gasteiger charge is -2.36. The Bertz CT molecular complexity index is 1130. The molecule has 0 radical (unpaired) electrons. The van der Waals surface area contributed by atoms with Crippen LogP contribution in [0, 0.1) is 0 Å². The molecule has 4 heterocycles. The molecule has 7 nitrogen and oxygen atoms in total. The number of aromatic nitrogens is 2. The third-order valence-corrected chi connectivity index (χ3v) is 6.07. The maximum Gasteiger partial charge on any atom is 0.274 e. The van der Waals surface area contributed by atoms with Gasteiger partial charge in [0.25, 0.3) is 5.91 Å². The van der Waals surface area contributed by atoms with E-state index in [9.17, 15) is 9.59 Å². The van der Waals surface area contributed by atoms with Crippen LogP contribution in [0.15, 0.2) is 42.6 Å². The number of pyridine rings is 1. The number of fused-ring (bicyclic) bond motifs is 2. The number of hydrogen-bond donors (Lipinski definition) is 1. The van der Waals surface area contributed by atoms with Gasteiger partial charge in [-0.2, -0.15) is 0 Å². The van der Waals surface area contributed by atoms with Gasteiger partial charge in [0, 0.05) is 55.9 Å². The van der Waals surface area contributed by atoms with E-state index < -0.39 is 0 Å². The first-order valence-electron chi connectivity index (χ1n) is 10.6. The van der Waals surface area contributed by atoms with E-state index in [1.54, 1.807) is 0 Å². The molecule has 1 fully saturated rings. The van der Waals surface area contributed by atoms with Gasteiger partial charge in [-0.1, -0.05) is 13.0 Å². The summed E-state index contributed by atoms with van der Waals surface area (Å²) in [6.45, 7) is 5.00. The number of aryl methyl sites for hydroxylation is 2. The number of anilines is 2. The average Bonchev–Trinajstić information content (AvgIpc) is 3.23. The van der Waals surface area contributed by atoms with Crippen LogP contribution >= 0.6 is 0 Å². The van der Waals surface area contributed by atoms with Gasteiger partial charge in [-0.05, 0) is 48.7 Å². The minimum absolute atomic E-state index is 0.00597. The van der Waals surface area contributed by atoms with E-state index in [0.717, 1.165) is 48.6 Å². The molecular weight excluding hydrogens is 378 g/mol. The SMILES string of the molecule is CCc1cccc2nc(C(=O)N3CCN(c4ccc5c(c4)CCC(=O)N5)CC3)cn12. The van der Waals surface area contributed by atoms with Crippen molar-refractivity contribution in [3.05, 3.63) is 59.5 Å². The van der Waals surface area contributed by atoms with Crippen LogP contribution < -0.4 is 10.2 Å². The summed E-state index contributed by atoms with van der Waals surface area (Å²) in [6, 6.07) is 12.2. The van der Waals surface area contributed by atoms with Crippen LogP contribution in [0.25, 0.3) is 5.65 Å². The maximum atomic E-state index is 13.0. The number of piperazine rings is 1. The van der Waals surface area contributed by atoms with E-state index in [1.165, 1.54) is 5.56 Å². The Labute approximate surface area is 175 Å².